The molecule has 0 fully saturated rings. The van der Waals surface area contributed by atoms with Crippen LogP contribution in [0.25, 0.3) is 0 Å². The topological polar surface area (TPSA) is 0 Å². The fraction of sp³-hybridized carbons (Fsp3) is 0.538. The van der Waals surface area contributed by atoms with Crippen LogP contribution in [0.15, 0.2) is 29.2 Å². The van der Waals surface area contributed by atoms with Gasteiger partial charge in [-0.1, -0.05) is 46.8 Å². The lowest BCUT2D eigenvalue weighted by molar-refractivity contribution is 0.590. The average molecular weight is 210 g/mol. The van der Waals surface area contributed by atoms with Gasteiger partial charge >= 0.3 is 0 Å². The van der Waals surface area contributed by atoms with Gasteiger partial charge < -0.3 is 0 Å². The van der Waals surface area contributed by atoms with E-state index in [4.69, 9.17) is 0 Å². The summed E-state index contributed by atoms with van der Waals surface area (Å²) in [5.41, 5.74) is 1.68. The van der Waals surface area contributed by atoms with Crippen LogP contribution in [-0.2, 0) is 5.41 Å². The molecule has 0 unspecified atom stereocenters. The van der Waals surface area contributed by atoms with E-state index in [0.29, 0.717) is 0 Å². The van der Waals surface area contributed by atoms with Crippen molar-refractivity contribution in [2.45, 2.75) is 44.9 Å². The smallest absolute Gasteiger partial charge is 0.00693 e. The van der Waals surface area contributed by atoms with E-state index in [-0.39, 0.29) is 5.41 Å². The van der Waals surface area contributed by atoms with E-state index >= 15 is 0 Å². The van der Waals surface area contributed by atoms with Gasteiger partial charge in [-0.25, -0.2) is 0 Å². The fourth-order valence-electron chi connectivity index (χ4n) is 1.09. The molecule has 0 amide bonds. The largest absolute Gasteiger partial charge is 0.130 e. The first-order valence-electron chi connectivity index (χ1n) is 5.18. The maximum absolute atomic E-state index is 2.24. The quantitative estimate of drug-likeness (QED) is 0.604. The second kappa shape index (κ2) is 6.13. The van der Waals surface area contributed by atoms with Crippen LogP contribution < -0.4 is 0 Å². The summed E-state index contributed by atoms with van der Waals surface area (Å²) in [6.07, 6.45) is 2.10. The maximum atomic E-state index is 2.24. The molecule has 0 aliphatic carbocycles. The first kappa shape index (κ1) is 13.6. The summed E-state index contributed by atoms with van der Waals surface area (Å²) in [6, 6.07) is 8.80. The molecule has 1 rings (SSSR count). The van der Waals surface area contributed by atoms with E-state index in [1.165, 1.54) is 10.5 Å². The van der Waals surface area contributed by atoms with Crippen molar-refractivity contribution in [3.63, 3.8) is 0 Å². The molecule has 0 bridgehead atoms. The Balaban J connectivity index is 0.000000791. The monoisotopic (exact) mass is 210 g/mol. The van der Waals surface area contributed by atoms with Crippen LogP contribution in [-0.4, -0.2) is 6.26 Å². The summed E-state index contributed by atoms with van der Waals surface area (Å²) in [6.45, 7) is 10.7. The molecule has 0 nitrogen and oxygen atoms in total. The van der Waals surface area contributed by atoms with Crippen LogP contribution in [0.3, 0.4) is 0 Å². The average Bonchev–Trinajstić information content (AvgIpc) is 2.20. The van der Waals surface area contributed by atoms with Gasteiger partial charge in [0.15, 0.2) is 0 Å². The SMILES string of the molecule is CC.CSc1ccc(C(C)(C)C)cc1. The van der Waals surface area contributed by atoms with Crippen LogP contribution in [0.5, 0.6) is 0 Å². The summed E-state index contributed by atoms with van der Waals surface area (Å²) >= 11 is 1.79. The Morgan fingerprint density at radius 3 is 1.64 bits per heavy atom. The van der Waals surface area contributed by atoms with Crippen LogP contribution in [0.4, 0.5) is 0 Å². The highest BCUT2D eigenvalue weighted by molar-refractivity contribution is 7.98. The lowest BCUT2D eigenvalue weighted by Gasteiger charge is -2.18. The molecule has 0 saturated heterocycles. The number of benzene rings is 1. The summed E-state index contributed by atoms with van der Waals surface area (Å²) in [5.74, 6) is 0. The minimum atomic E-state index is 0.275. The minimum Gasteiger partial charge on any atom is -0.130 e. The molecule has 1 aromatic carbocycles. The van der Waals surface area contributed by atoms with Crippen molar-refractivity contribution in [2.24, 2.45) is 0 Å². The fourth-order valence-corrected chi connectivity index (χ4v) is 1.50. The Hall–Kier alpha value is -0.430. The van der Waals surface area contributed by atoms with Gasteiger partial charge in [-0.2, -0.15) is 0 Å². The maximum Gasteiger partial charge on any atom is 0.00693 e. The Bertz CT molecular complexity index is 241. The van der Waals surface area contributed by atoms with Crippen LogP contribution in [0.1, 0.15) is 40.2 Å². The zero-order valence-electron chi connectivity index (χ0n) is 10.2. The summed E-state index contributed by atoms with van der Waals surface area (Å²) in [5, 5.41) is 0. The number of hydrogen-bond donors (Lipinski definition) is 0. The molecule has 0 radical (unpaired) electrons. The van der Waals surface area contributed by atoms with Crippen molar-refractivity contribution >= 4 is 11.8 Å². The molecule has 1 heteroatoms. The number of thioether (sulfide) groups is 1. The Labute approximate surface area is 93.1 Å². The van der Waals surface area contributed by atoms with Gasteiger partial charge in [0.25, 0.3) is 0 Å². The molecule has 0 heterocycles. The zero-order valence-corrected chi connectivity index (χ0v) is 11.0. The summed E-state index contributed by atoms with van der Waals surface area (Å²) in [4.78, 5) is 1.34. The van der Waals surface area contributed by atoms with E-state index in [1.807, 2.05) is 13.8 Å². The minimum absolute atomic E-state index is 0.275. The van der Waals surface area contributed by atoms with Gasteiger partial charge in [-0.3, -0.25) is 0 Å². The van der Waals surface area contributed by atoms with Crippen LogP contribution in [0, 0.1) is 0 Å². The molecule has 80 valence electrons. The normalized spacial score (nSPS) is 10.4. The van der Waals surface area contributed by atoms with Gasteiger partial charge in [0.1, 0.15) is 0 Å². The molecular formula is C13H22S. The van der Waals surface area contributed by atoms with Crippen molar-refractivity contribution in [3.05, 3.63) is 29.8 Å². The molecule has 0 aromatic heterocycles. The van der Waals surface area contributed by atoms with Crippen molar-refractivity contribution in [2.75, 3.05) is 6.26 Å². The molecule has 14 heavy (non-hydrogen) atoms. The standard InChI is InChI=1S/C11H16S.C2H6/c1-11(2,3)9-5-7-10(12-4)8-6-9;1-2/h5-8H,1-4H3;1-2H3. The molecule has 0 aliphatic heterocycles. The van der Waals surface area contributed by atoms with Crippen LogP contribution >= 0.6 is 11.8 Å². The second-order valence-electron chi connectivity index (χ2n) is 3.98. The Morgan fingerprint density at radius 1 is 0.929 bits per heavy atom. The van der Waals surface area contributed by atoms with E-state index in [0.717, 1.165) is 0 Å². The van der Waals surface area contributed by atoms with Gasteiger partial charge in [0.2, 0.25) is 0 Å². The molecular weight excluding hydrogens is 188 g/mol. The molecule has 0 N–H and O–H groups in total. The van der Waals surface area contributed by atoms with E-state index in [9.17, 15) is 0 Å². The molecule has 0 aliphatic rings. The van der Waals surface area contributed by atoms with E-state index in [1.54, 1.807) is 11.8 Å². The zero-order chi connectivity index (χ0) is 11.2. The highest BCUT2D eigenvalue weighted by atomic mass is 32.2. The van der Waals surface area contributed by atoms with Gasteiger partial charge in [-0.15, -0.1) is 11.8 Å². The van der Waals surface area contributed by atoms with Crippen molar-refractivity contribution in [1.29, 1.82) is 0 Å². The van der Waals surface area contributed by atoms with E-state index < -0.39 is 0 Å². The lowest BCUT2D eigenvalue weighted by Crippen LogP contribution is -2.10. The number of hydrogen-bond acceptors (Lipinski definition) is 1. The molecule has 0 spiro atoms. The predicted molar refractivity (Wildman–Crippen MR) is 68.3 cm³/mol. The molecule has 1 aromatic rings. The van der Waals surface area contributed by atoms with E-state index in [2.05, 4.69) is 51.3 Å². The van der Waals surface area contributed by atoms with Gasteiger partial charge in [0.05, 0.1) is 0 Å². The van der Waals surface area contributed by atoms with Crippen molar-refractivity contribution < 1.29 is 0 Å². The summed E-state index contributed by atoms with van der Waals surface area (Å²) in [7, 11) is 0. The first-order chi connectivity index (χ1) is 6.54. The third kappa shape index (κ3) is 4.19. The number of rotatable bonds is 1. The third-order valence-corrected chi connectivity index (χ3v) is 2.70. The highest BCUT2D eigenvalue weighted by Crippen LogP contribution is 2.24. The van der Waals surface area contributed by atoms with Crippen molar-refractivity contribution in [3.8, 4) is 0 Å². The summed E-state index contributed by atoms with van der Waals surface area (Å²) < 4.78 is 0. The van der Waals surface area contributed by atoms with Gasteiger partial charge in [0, 0.05) is 4.90 Å². The second-order valence-corrected chi connectivity index (χ2v) is 4.86. The molecule has 0 atom stereocenters. The Morgan fingerprint density at radius 2 is 1.36 bits per heavy atom. The predicted octanol–water partition coefficient (Wildman–Crippen LogP) is 4.73. The Kier molecular flexibility index (Phi) is 5.94. The highest BCUT2D eigenvalue weighted by Gasteiger charge is 2.12. The van der Waals surface area contributed by atoms with Crippen molar-refractivity contribution in [1.82, 2.24) is 0 Å². The third-order valence-electron chi connectivity index (χ3n) is 1.96. The first-order valence-corrected chi connectivity index (χ1v) is 6.41. The molecule has 0 saturated carbocycles. The van der Waals surface area contributed by atoms with Crippen LogP contribution in [0.2, 0.25) is 0 Å². The lowest BCUT2D eigenvalue weighted by atomic mass is 9.87. The van der Waals surface area contributed by atoms with Gasteiger partial charge in [-0.05, 0) is 29.4 Å².